The van der Waals surface area contributed by atoms with E-state index in [1.54, 1.807) is 45.0 Å². The van der Waals surface area contributed by atoms with Crippen LogP contribution in [-0.4, -0.2) is 54.3 Å². The highest BCUT2D eigenvalue weighted by atomic mass is 32.2. The molecular weight excluding hydrogens is 514 g/mol. The number of hydrogen-bond donors (Lipinski definition) is 2. The van der Waals surface area contributed by atoms with Crippen LogP contribution >= 0.6 is 0 Å². The van der Waals surface area contributed by atoms with Crippen LogP contribution in [0.3, 0.4) is 0 Å². The number of aromatic nitrogens is 2. The first kappa shape index (κ1) is 27.2. The van der Waals surface area contributed by atoms with Gasteiger partial charge in [0.2, 0.25) is 15.9 Å². The summed E-state index contributed by atoms with van der Waals surface area (Å²) in [7, 11) is -4.19. The molecular formula is C25H29N5O7S. The number of carbonyl (C=O) groups excluding carboxylic acids is 1. The molecule has 202 valence electrons. The molecule has 0 saturated carbocycles. The number of carbonyl (C=O) groups is 1. The molecule has 3 aromatic rings. The van der Waals surface area contributed by atoms with Gasteiger partial charge in [-0.3, -0.25) is 14.9 Å². The van der Waals surface area contributed by atoms with E-state index in [-0.39, 0.29) is 23.4 Å². The largest absolute Gasteiger partial charge is 0.437 e. The van der Waals surface area contributed by atoms with Crippen LogP contribution in [0.2, 0.25) is 0 Å². The summed E-state index contributed by atoms with van der Waals surface area (Å²) < 4.78 is 41.6. The lowest BCUT2D eigenvalue weighted by Gasteiger charge is -2.15. The van der Waals surface area contributed by atoms with Gasteiger partial charge in [0.1, 0.15) is 10.6 Å². The summed E-state index contributed by atoms with van der Waals surface area (Å²) in [5.41, 5.74) is 0.602. The number of sulfonamides is 1. The molecule has 0 bridgehead atoms. The molecule has 1 aliphatic heterocycles. The van der Waals surface area contributed by atoms with E-state index in [0.717, 1.165) is 25.0 Å². The maximum atomic E-state index is 13.1. The standard InChI is InChI=1S/C25H29N5O7S/c1-16(2)28-38(34,35)22-14-19(30(32)33)11-12-21(22)37-25-17(3)23(24(31)26-15-20-10-7-13-36-20)27-29(25)18-8-5-4-6-9-18/h4-6,8-9,11-12,14,16,20,28H,7,10,13,15H2,1-3H3,(H,26,31). The fourth-order valence-corrected chi connectivity index (χ4v) is 5.44. The molecule has 0 aliphatic carbocycles. The molecule has 1 aromatic heterocycles. The molecule has 4 rings (SSSR count). The second-order valence-electron chi connectivity index (χ2n) is 9.14. The van der Waals surface area contributed by atoms with Gasteiger partial charge >= 0.3 is 0 Å². The zero-order valence-electron chi connectivity index (χ0n) is 21.2. The number of amides is 1. The molecule has 1 fully saturated rings. The number of nitro groups is 1. The molecule has 0 spiro atoms. The quantitative estimate of drug-likeness (QED) is 0.291. The molecule has 13 heteroatoms. The van der Waals surface area contributed by atoms with Crippen molar-refractivity contribution in [2.45, 2.75) is 50.7 Å². The summed E-state index contributed by atoms with van der Waals surface area (Å²) in [5.74, 6) is -0.501. The maximum absolute atomic E-state index is 13.1. The monoisotopic (exact) mass is 543 g/mol. The third kappa shape index (κ3) is 6.01. The summed E-state index contributed by atoms with van der Waals surface area (Å²) in [6.45, 7) is 5.89. The van der Waals surface area contributed by atoms with E-state index in [1.807, 2.05) is 6.07 Å². The van der Waals surface area contributed by atoms with Gasteiger partial charge in [-0.2, -0.15) is 9.78 Å². The minimum Gasteiger partial charge on any atom is -0.437 e. The van der Waals surface area contributed by atoms with Crippen LogP contribution in [0.4, 0.5) is 5.69 Å². The second-order valence-corrected chi connectivity index (χ2v) is 10.8. The minimum atomic E-state index is -4.19. The van der Waals surface area contributed by atoms with E-state index >= 15 is 0 Å². The Labute approximate surface area is 220 Å². The van der Waals surface area contributed by atoms with E-state index in [0.29, 0.717) is 24.4 Å². The molecule has 38 heavy (non-hydrogen) atoms. The number of ether oxygens (including phenoxy) is 2. The molecule has 1 unspecified atom stereocenters. The molecule has 1 atom stereocenters. The van der Waals surface area contributed by atoms with E-state index < -0.39 is 37.5 Å². The Bertz CT molecular complexity index is 1430. The van der Waals surface area contributed by atoms with Crippen molar-refractivity contribution >= 4 is 21.6 Å². The van der Waals surface area contributed by atoms with E-state index in [9.17, 15) is 23.3 Å². The molecule has 1 saturated heterocycles. The SMILES string of the molecule is Cc1c(C(=O)NCC2CCCO2)nn(-c2ccccc2)c1Oc1ccc([N+](=O)[O-])cc1S(=O)(=O)NC(C)C. The number of hydrogen-bond acceptors (Lipinski definition) is 8. The van der Waals surface area contributed by atoms with Gasteiger partial charge in [0.15, 0.2) is 5.69 Å². The van der Waals surface area contributed by atoms with Gasteiger partial charge in [0.25, 0.3) is 11.6 Å². The van der Waals surface area contributed by atoms with E-state index in [2.05, 4.69) is 15.1 Å². The Kier molecular flexibility index (Phi) is 8.09. The first-order valence-electron chi connectivity index (χ1n) is 12.1. The van der Waals surface area contributed by atoms with Crippen LogP contribution in [-0.2, 0) is 14.8 Å². The fourth-order valence-electron chi connectivity index (χ4n) is 4.04. The first-order chi connectivity index (χ1) is 18.1. The van der Waals surface area contributed by atoms with Gasteiger partial charge in [-0.1, -0.05) is 18.2 Å². The minimum absolute atomic E-state index is 0.0625. The third-order valence-corrected chi connectivity index (χ3v) is 7.50. The Morgan fingerprint density at radius 1 is 1.26 bits per heavy atom. The van der Waals surface area contributed by atoms with Gasteiger partial charge < -0.3 is 14.8 Å². The Hall–Kier alpha value is -3.81. The van der Waals surface area contributed by atoms with Gasteiger partial charge in [-0.15, -0.1) is 0 Å². The number of non-ortho nitro benzene ring substituents is 1. The van der Waals surface area contributed by atoms with Crippen LogP contribution in [0.15, 0.2) is 53.4 Å². The topological polar surface area (TPSA) is 155 Å². The van der Waals surface area contributed by atoms with Gasteiger partial charge in [-0.05, 0) is 51.8 Å². The highest BCUT2D eigenvalue weighted by molar-refractivity contribution is 7.89. The molecule has 12 nitrogen and oxygen atoms in total. The molecule has 2 aromatic carbocycles. The highest BCUT2D eigenvalue weighted by Gasteiger charge is 2.28. The average Bonchev–Trinajstić information content (AvgIpc) is 3.51. The van der Waals surface area contributed by atoms with Crippen LogP contribution in [0.25, 0.3) is 5.69 Å². The number of nitrogens with zero attached hydrogens (tertiary/aromatic N) is 3. The van der Waals surface area contributed by atoms with E-state index in [4.69, 9.17) is 9.47 Å². The predicted molar refractivity (Wildman–Crippen MR) is 138 cm³/mol. The summed E-state index contributed by atoms with van der Waals surface area (Å²) >= 11 is 0. The molecule has 1 amide bonds. The first-order valence-corrected chi connectivity index (χ1v) is 13.6. The van der Waals surface area contributed by atoms with Crippen LogP contribution in [0.1, 0.15) is 42.7 Å². The zero-order valence-corrected chi connectivity index (χ0v) is 22.0. The maximum Gasteiger partial charge on any atom is 0.272 e. The van der Waals surface area contributed by atoms with Crippen LogP contribution < -0.4 is 14.8 Å². The van der Waals surface area contributed by atoms with Crippen molar-refractivity contribution < 1.29 is 27.6 Å². The molecule has 0 radical (unpaired) electrons. The lowest BCUT2D eigenvalue weighted by molar-refractivity contribution is -0.385. The number of rotatable bonds is 10. The van der Waals surface area contributed by atoms with Crippen molar-refractivity contribution in [3.05, 3.63) is 69.9 Å². The van der Waals surface area contributed by atoms with Gasteiger partial charge in [0.05, 0.1) is 16.7 Å². The summed E-state index contributed by atoms with van der Waals surface area (Å²) in [5, 5.41) is 18.7. The van der Waals surface area contributed by atoms with Crippen molar-refractivity contribution in [1.29, 1.82) is 0 Å². The lowest BCUT2D eigenvalue weighted by atomic mass is 10.2. The number of benzene rings is 2. The fraction of sp³-hybridized carbons (Fsp3) is 0.360. The average molecular weight is 544 g/mol. The Morgan fingerprint density at radius 2 is 2.00 bits per heavy atom. The Balaban J connectivity index is 1.77. The Morgan fingerprint density at radius 3 is 2.63 bits per heavy atom. The third-order valence-electron chi connectivity index (χ3n) is 5.82. The number of nitro benzene ring substituents is 1. The number of para-hydroxylation sites is 1. The van der Waals surface area contributed by atoms with Crippen LogP contribution in [0.5, 0.6) is 11.6 Å². The van der Waals surface area contributed by atoms with Crippen molar-refractivity contribution in [2.75, 3.05) is 13.2 Å². The molecule has 2 heterocycles. The highest BCUT2D eigenvalue weighted by Crippen LogP contribution is 2.35. The predicted octanol–water partition coefficient (Wildman–Crippen LogP) is 3.48. The van der Waals surface area contributed by atoms with Crippen molar-refractivity contribution in [2.24, 2.45) is 0 Å². The normalized spacial score (nSPS) is 15.5. The zero-order chi connectivity index (χ0) is 27.4. The van der Waals surface area contributed by atoms with Crippen molar-refractivity contribution in [1.82, 2.24) is 19.8 Å². The smallest absolute Gasteiger partial charge is 0.272 e. The van der Waals surface area contributed by atoms with Gasteiger partial charge in [-0.25, -0.2) is 13.1 Å². The van der Waals surface area contributed by atoms with Gasteiger partial charge in [0, 0.05) is 36.9 Å². The molecule has 1 aliphatic rings. The van der Waals surface area contributed by atoms with Crippen LogP contribution in [0, 0.1) is 17.0 Å². The second kappa shape index (κ2) is 11.3. The van der Waals surface area contributed by atoms with Crippen molar-refractivity contribution in [3.8, 4) is 17.3 Å². The number of nitrogens with one attached hydrogen (secondary N) is 2. The lowest BCUT2D eigenvalue weighted by Crippen LogP contribution is -2.32. The summed E-state index contributed by atoms with van der Waals surface area (Å²) in [6, 6.07) is 11.7. The molecule has 2 N–H and O–H groups in total. The van der Waals surface area contributed by atoms with E-state index in [1.165, 1.54) is 10.7 Å². The summed E-state index contributed by atoms with van der Waals surface area (Å²) in [4.78, 5) is 23.3. The summed E-state index contributed by atoms with van der Waals surface area (Å²) in [6.07, 6.45) is 1.73. The van der Waals surface area contributed by atoms with Crippen molar-refractivity contribution in [3.63, 3.8) is 0 Å².